The summed E-state index contributed by atoms with van der Waals surface area (Å²) in [5.41, 5.74) is -1.07. The summed E-state index contributed by atoms with van der Waals surface area (Å²) in [4.78, 5) is 10.8. The fraction of sp³-hybridized carbons (Fsp3) is 0.364. The van der Waals surface area contributed by atoms with Crippen LogP contribution in [0, 0.1) is 0 Å². The standard InChI is InChI=1S/C11H12O5S/c12-10(13)8-2-1-3-9(6-8)11(14)4-5-17(15,16)7-11/h1-3,6,14H,4-5,7H2,(H,12,13). The minimum atomic E-state index is -3.23. The van der Waals surface area contributed by atoms with Gasteiger partial charge in [0.05, 0.1) is 17.1 Å². The Bertz CT molecular complexity index is 563. The van der Waals surface area contributed by atoms with Crippen LogP contribution >= 0.6 is 0 Å². The lowest BCUT2D eigenvalue weighted by Crippen LogP contribution is -2.27. The number of aromatic carboxylic acids is 1. The summed E-state index contributed by atoms with van der Waals surface area (Å²) in [5, 5.41) is 19.1. The Morgan fingerprint density at radius 2 is 2.06 bits per heavy atom. The lowest BCUT2D eigenvalue weighted by atomic mass is 9.92. The molecule has 0 aromatic heterocycles. The summed E-state index contributed by atoms with van der Waals surface area (Å²) in [5.74, 6) is -1.51. The molecule has 1 aliphatic rings. The van der Waals surface area contributed by atoms with Crippen LogP contribution in [0.4, 0.5) is 0 Å². The normalized spacial score (nSPS) is 26.9. The predicted molar refractivity (Wildman–Crippen MR) is 60.6 cm³/mol. The van der Waals surface area contributed by atoms with Crippen molar-refractivity contribution in [3.8, 4) is 0 Å². The molecule has 0 radical (unpaired) electrons. The third kappa shape index (κ3) is 2.32. The quantitative estimate of drug-likeness (QED) is 0.798. The minimum absolute atomic E-state index is 0.0419. The monoisotopic (exact) mass is 256 g/mol. The molecule has 1 aromatic rings. The Labute approximate surface area is 98.6 Å². The van der Waals surface area contributed by atoms with Gasteiger partial charge in [-0.3, -0.25) is 0 Å². The first-order chi connectivity index (χ1) is 7.82. The lowest BCUT2D eigenvalue weighted by Gasteiger charge is -2.21. The number of hydrogen-bond acceptors (Lipinski definition) is 4. The van der Waals surface area contributed by atoms with E-state index in [-0.39, 0.29) is 23.5 Å². The molecular formula is C11H12O5S. The molecule has 2 rings (SSSR count). The van der Waals surface area contributed by atoms with Crippen LogP contribution < -0.4 is 0 Å². The fourth-order valence-corrected chi connectivity index (χ4v) is 3.83. The number of carboxylic acids is 1. The van der Waals surface area contributed by atoms with E-state index in [1.165, 1.54) is 18.2 Å². The van der Waals surface area contributed by atoms with Crippen molar-refractivity contribution in [3.05, 3.63) is 35.4 Å². The highest BCUT2D eigenvalue weighted by atomic mass is 32.2. The van der Waals surface area contributed by atoms with Crippen molar-refractivity contribution in [2.45, 2.75) is 12.0 Å². The molecule has 1 heterocycles. The van der Waals surface area contributed by atoms with Gasteiger partial charge in [-0.1, -0.05) is 12.1 Å². The molecule has 0 bridgehead atoms. The Kier molecular flexibility index (Phi) is 2.71. The van der Waals surface area contributed by atoms with E-state index in [9.17, 15) is 18.3 Å². The van der Waals surface area contributed by atoms with E-state index in [4.69, 9.17) is 5.11 Å². The highest BCUT2D eigenvalue weighted by Crippen LogP contribution is 2.33. The van der Waals surface area contributed by atoms with Crippen molar-refractivity contribution in [3.63, 3.8) is 0 Å². The first kappa shape index (κ1) is 12.1. The third-order valence-corrected chi connectivity index (χ3v) is 4.68. The second-order valence-electron chi connectivity index (χ2n) is 4.26. The van der Waals surface area contributed by atoms with Gasteiger partial charge in [-0.2, -0.15) is 0 Å². The lowest BCUT2D eigenvalue weighted by molar-refractivity contribution is 0.0645. The maximum atomic E-state index is 11.4. The Hall–Kier alpha value is -1.40. The summed E-state index contributed by atoms with van der Waals surface area (Å²) in [7, 11) is -3.23. The summed E-state index contributed by atoms with van der Waals surface area (Å²) < 4.78 is 22.7. The molecule has 0 spiro atoms. The molecule has 0 aliphatic carbocycles. The maximum absolute atomic E-state index is 11.4. The number of carbonyl (C=O) groups is 1. The van der Waals surface area contributed by atoms with E-state index in [2.05, 4.69) is 0 Å². The van der Waals surface area contributed by atoms with Crippen LogP contribution in [-0.4, -0.2) is 36.1 Å². The van der Waals surface area contributed by atoms with Gasteiger partial charge in [-0.25, -0.2) is 13.2 Å². The molecule has 1 unspecified atom stereocenters. The van der Waals surface area contributed by atoms with Gasteiger partial charge in [0, 0.05) is 0 Å². The highest BCUT2D eigenvalue weighted by molar-refractivity contribution is 7.91. The van der Waals surface area contributed by atoms with Gasteiger partial charge in [0.25, 0.3) is 0 Å². The summed E-state index contributed by atoms with van der Waals surface area (Å²) in [6, 6.07) is 5.77. The summed E-state index contributed by atoms with van der Waals surface area (Å²) >= 11 is 0. The molecule has 92 valence electrons. The van der Waals surface area contributed by atoms with Crippen LogP contribution in [0.2, 0.25) is 0 Å². The molecule has 17 heavy (non-hydrogen) atoms. The summed E-state index contributed by atoms with van der Waals surface area (Å²) in [6.07, 6.45) is 0.110. The molecule has 2 N–H and O–H groups in total. The number of aliphatic hydroxyl groups is 1. The van der Waals surface area contributed by atoms with E-state index >= 15 is 0 Å². The average Bonchev–Trinajstić information content (AvgIpc) is 2.55. The van der Waals surface area contributed by atoms with Crippen molar-refractivity contribution in [1.29, 1.82) is 0 Å². The first-order valence-electron chi connectivity index (χ1n) is 5.09. The van der Waals surface area contributed by atoms with Crippen molar-refractivity contribution in [1.82, 2.24) is 0 Å². The number of carboxylic acid groups (broad SMARTS) is 1. The average molecular weight is 256 g/mol. The molecule has 1 atom stereocenters. The fourth-order valence-electron chi connectivity index (χ4n) is 2.00. The zero-order chi connectivity index (χ0) is 12.7. The van der Waals surface area contributed by atoms with Crippen LogP contribution in [0.15, 0.2) is 24.3 Å². The second kappa shape index (κ2) is 3.82. The van der Waals surface area contributed by atoms with Gasteiger partial charge >= 0.3 is 5.97 Å². The van der Waals surface area contributed by atoms with Crippen LogP contribution in [0.1, 0.15) is 22.3 Å². The SMILES string of the molecule is O=C(O)c1cccc(C2(O)CCS(=O)(=O)C2)c1. The molecule has 1 saturated heterocycles. The van der Waals surface area contributed by atoms with Gasteiger partial charge in [0.2, 0.25) is 0 Å². The van der Waals surface area contributed by atoms with E-state index in [1.807, 2.05) is 0 Å². The van der Waals surface area contributed by atoms with Gasteiger partial charge in [-0.15, -0.1) is 0 Å². The van der Waals surface area contributed by atoms with Crippen LogP contribution in [0.5, 0.6) is 0 Å². The van der Waals surface area contributed by atoms with Crippen LogP contribution in [-0.2, 0) is 15.4 Å². The molecule has 1 aliphatic heterocycles. The van der Waals surface area contributed by atoms with Crippen molar-refractivity contribution >= 4 is 15.8 Å². The second-order valence-corrected chi connectivity index (χ2v) is 6.44. The number of sulfone groups is 1. The van der Waals surface area contributed by atoms with Crippen LogP contribution in [0.3, 0.4) is 0 Å². The molecule has 0 amide bonds. The molecule has 5 nitrogen and oxygen atoms in total. The van der Waals surface area contributed by atoms with Gasteiger partial charge in [0.1, 0.15) is 5.60 Å². The van der Waals surface area contributed by atoms with Crippen molar-refractivity contribution < 1.29 is 23.4 Å². The van der Waals surface area contributed by atoms with Gasteiger partial charge in [0.15, 0.2) is 9.84 Å². The smallest absolute Gasteiger partial charge is 0.335 e. The molecule has 6 heteroatoms. The Morgan fingerprint density at radius 1 is 1.35 bits per heavy atom. The van der Waals surface area contributed by atoms with Crippen molar-refractivity contribution in [2.75, 3.05) is 11.5 Å². The molecule has 0 saturated carbocycles. The minimum Gasteiger partial charge on any atom is -0.478 e. The van der Waals surface area contributed by atoms with E-state index in [1.54, 1.807) is 6.07 Å². The third-order valence-electron chi connectivity index (χ3n) is 2.93. The van der Waals surface area contributed by atoms with Crippen LogP contribution in [0.25, 0.3) is 0 Å². The van der Waals surface area contributed by atoms with E-state index in [0.717, 1.165) is 0 Å². The maximum Gasteiger partial charge on any atom is 0.335 e. The van der Waals surface area contributed by atoms with E-state index < -0.39 is 21.4 Å². The number of hydrogen-bond donors (Lipinski definition) is 2. The number of benzene rings is 1. The molecular weight excluding hydrogens is 244 g/mol. The largest absolute Gasteiger partial charge is 0.478 e. The molecule has 1 fully saturated rings. The first-order valence-corrected chi connectivity index (χ1v) is 6.91. The van der Waals surface area contributed by atoms with Gasteiger partial charge in [-0.05, 0) is 24.1 Å². The summed E-state index contributed by atoms with van der Waals surface area (Å²) in [6.45, 7) is 0. The zero-order valence-corrected chi connectivity index (χ0v) is 9.77. The Balaban J connectivity index is 2.41. The topological polar surface area (TPSA) is 91.7 Å². The van der Waals surface area contributed by atoms with E-state index in [0.29, 0.717) is 5.56 Å². The zero-order valence-electron chi connectivity index (χ0n) is 8.96. The molecule has 1 aromatic carbocycles. The predicted octanol–water partition coefficient (Wildman–Crippen LogP) is 0.391. The van der Waals surface area contributed by atoms with Crippen molar-refractivity contribution in [2.24, 2.45) is 0 Å². The highest BCUT2D eigenvalue weighted by Gasteiger charge is 2.42. The number of rotatable bonds is 2. The Morgan fingerprint density at radius 3 is 2.59 bits per heavy atom. The van der Waals surface area contributed by atoms with Gasteiger partial charge < -0.3 is 10.2 Å².